The summed E-state index contributed by atoms with van der Waals surface area (Å²) < 4.78 is 32.1. The minimum atomic E-state index is -3.35. The molecule has 2 N–H and O–H groups in total. The Morgan fingerprint density at radius 1 is 1.19 bits per heavy atom. The SMILES string of the molecule is CCS(=O)(=O)Nc1cccc(-c2n[nH]cc2-c2nc3cc(C)ccc3o2)c1. The highest BCUT2D eigenvalue weighted by Gasteiger charge is 2.17. The average Bonchev–Trinajstić information content (AvgIpc) is 3.27. The Morgan fingerprint density at radius 3 is 2.85 bits per heavy atom. The number of hydrogen-bond acceptors (Lipinski definition) is 5. The number of aryl methyl sites for hydroxylation is 1. The lowest BCUT2D eigenvalue weighted by Crippen LogP contribution is -2.14. The molecule has 0 atom stereocenters. The third-order valence-electron chi connectivity index (χ3n) is 4.20. The fourth-order valence-corrected chi connectivity index (χ4v) is 3.44. The smallest absolute Gasteiger partial charge is 0.232 e. The fourth-order valence-electron chi connectivity index (χ4n) is 2.81. The molecule has 2 heterocycles. The Morgan fingerprint density at radius 2 is 2.04 bits per heavy atom. The summed E-state index contributed by atoms with van der Waals surface area (Å²) in [6.45, 7) is 3.59. The van der Waals surface area contributed by atoms with Crippen molar-refractivity contribution in [2.24, 2.45) is 0 Å². The number of nitrogens with zero attached hydrogens (tertiary/aromatic N) is 2. The largest absolute Gasteiger partial charge is 0.436 e. The standard InChI is InChI=1S/C19H18N4O3S/c1-3-27(24,25)23-14-6-4-5-13(10-14)18-15(11-20-22-18)19-21-16-9-12(2)7-8-17(16)26-19/h4-11,23H,3H2,1-2H3,(H,20,22). The Hall–Kier alpha value is -3.13. The highest BCUT2D eigenvalue weighted by molar-refractivity contribution is 7.92. The summed E-state index contributed by atoms with van der Waals surface area (Å²) >= 11 is 0. The molecule has 8 heteroatoms. The van der Waals surface area contributed by atoms with Gasteiger partial charge in [-0.25, -0.2) is 13.4 Å². The number of hydrogen-bond donors (Lipinski definition) is 2. The van der Waals surface area contributed by atoms with E-state index in [-0.39, 0.29) is 5.75 Å². The molecule has 0 spiro atoms. The predicted molar refractivity (Wildman–Crippen MR) is 105 cm³/mol. The molecule has 0 radical (unpaired) electrons. The summed E-state index contributed by atoms with van der Waals surface area (Å²) in [4.78, 5) is 4.56. The number of H-pyrrole nitrogens is 1. The number of nitrogens with one attached hydrogen (secondary N) is 2. The van der Waals surface area contributed by atoms with Gasteiger partial charge in [0, 0.05) is 17.4 Å². The zero-order valence-electron chi connectivity index (χ0n) is 14.9. The summed E-state index contributed by atoms with van der Waals surface area (Å²) in [5.74, 6) is 0.464. The lowest BCUT2D eigenvalue weighted by Gasteiger charge is -2.07. The highest BCUT2D eigenvalue weighted by atomic mass is 32.2. The minimum absolute atomic E-state index is 0.00715. The normalized spacial score (nSPS) is 11.8. The van der Waals surface area contributed by atoms with Crippen LogP contribution in [0.4, 0.5) is 5.69 Å². The zero-order chi connectivity index (χ0) is 19.0. The van der Waals surface area contributed by atoms with E-state index in [4.69, 9.17) is 4.42 Å². The number of anilines is 1. The Balaban J connectivity index is 1.75. The Labute approximate surface area is 156 Å². The predicted octanol–water partition coefficient (Wildman–Crippen LogP) is 3.95. The molecule has 0 amide bonds. The van der Waals surface area contributed by atoms with Crippen molar-refractivity contribution in [3.63, 3.8) is 0 Å². The van der Waals surface area contributed by atoms with Crippen LogP contribution in [0.5, 0.6) is 0 Å². The van der Waals surface area contributed by atoms with E-state index in [0.29, 0.717) is 28.4 Å². The van der Waals surface area contributed by atoms with Crippen molar-refractivity contribution >= 4 is 26.8 Å². The van der Waals surface area contributed by atoms with Crippen molar-refractivity contribution in [3.05, 3.63) is 54.2 Å². The molecule has 0 aliphatic carbocycles. The van der Waals surface area contributed by atoms with E-state index >= 15 is 0 Å². The number of aromatic amines is 1. The van der Waals surface area contributed by atoms with E-state index in [9.17, 15) is 8.42 Å². The number of oxazole rings is 1. The molecule has 4 aromatic rings. The van der Waals surface area contributed by atoms with Crippen molar-refractivity contribution in [1.82, 2.24) is 15.2 Å². The van der Waals surface area contributed by atoms with E-state index in [2.05, 4.69) is 19.9 Å². The summed E-state index contributed by atoms with van der Waals surface area (Å²) in [6, 6.07) is 12.9. The molecule has 0 unspecified atom stereocenters. The van der Waals surface area contributed by atoms with Gasteiger partial charge in [0.15, 0.2) is 5.58 Å². The quantitative estimate of drug-likeness (QED) is 0.544. The first kappa shape index (κ1) is 17.3. The lowest BCUT2D eigenvalue weighted by molar-refractivity contribution is 0.602. The first-order valence-corrected chi connectivity index (χ1v) is 10.1. The molecule has 0 bridgehead atoms. The van der Waals surface area contributed by atoms with Gasteiger partial charge in [-0.15, -0.1) is 0 Å². The van der Waals surface area contributed by atoms with E-state index in [1.54, 1.807) is 31.3 Å². The van der Waals surface area contributed by atoms with Crippen LogP contribution in [0.15, 0.2) is 53.1 Å². The van der Waals surface area contributed by atoms with Crippen LogP contribution in [-0.4, -0.2) is 29.4 Å². The summed E-state index contributed by atoms with van der Waals surface area (Å²) in [7, 11) is -3.35. The van der Waals surface area contributed by atoms with E-state index in [1.807, 2.05) is 31.2 Å². The fraction of sp³-hybridized carbons (Fsp3) is 0.158. The van der Waals surface area contributed by atoms with Gasteiger partial charge in [0.1, 0.15) is 11.2 Å². The molecule has 2 aromatic carbocycles. The first-order chi connectivity index (χ1) is 12.9. The summed E-state index contributed by atoms with van der Waals surface area (Å²) in [5.41, 5.74) is 5.16. The van der Waals surface area contributed by atoms with Gasteiger partial charge in [0.25, 0.3) is 0 Å². The maximum atomic E-state index is 11.8. The molecule has 2 aromatic heterocycles. The monoisotopic (exact) mass is 382 g/mol. The van der Waals surface area contributed by atoms with Gasteiger partial charge >= 0.3 is 0 Å². The molecule has 0 saturated heterocycles. The van der Waals surface area contributed by atoms with Gasteiger partial charge in [0.2, 0.25) is 15.9 Å². The molecule has 0 saturated carbocycles. The first-order valence-electron chi connectivity index (χ1n) is 8.47. The van der Waals surface area contributed by atoms with Crippen molar-refractivity contribution in [3.8, 4) is 22.7 Å². The van der Waals surface area contributed by atoms with Gasteiger partial charge in [-0.3, -0.25) is 9.82 Å². The molecule has 0 aliphatic rings. The Kier molecular flexibility index (Phi) is 4.19. The van der Waals surface area contributed by atoms with Gasteiger partial charge in [-0.05, 0) is 43.7 Å². The summed E-state index contributed by atoms with van der Waals surface area (Å²) in [6.07, 6.45) is 1.72. The van der Waals surface area contributed by atoms with E-state index in [1.165, 1.54) is 0 Å². The van der Waals surface area contributed by atoms with Crippen LogP contribution in [0.1, 0.15) is 12.5 Å². The van der Waals surface area contributed by atoms with Crippen molar-refractivity contribution in [1.29, 1.82) is 0 Å². The van der Waals surface area contributed by atoms with Gasteiger partial charge < -0.3 is 4.42 Å². The number of aromatic nitrogens is 3. The topological polar surface area (TPSA) is 101 Å². The summed E-state index contributed by atoms with van der Waals surface area (Å²) in [5, 5.41) is 7.15. The van der Waals surface area contributed by atoms with Crippen LogP contribution in [0.2, 0.25) is 0 Å². The molecular weight excluding hydrogens is 364 g/mol. The van der Waals surface area contributed by atoms with Gasteiger partial charge in [0.05, 0.1) is 11.3 Å². The zero-order valence-corrected chi connectivity index (χ0v) is 15.7. The second-order valence-corrected chi connectivity index (χ2v) is 8.23. The Bertz CT molecular complexity index is 1220. The van der Waals surface area contributed by atoms with Crippen molar-refractivity contribution in [2.75, 3.05) is 10.5 Å². The third kappa shape index (κ3) is 3.43. The molecule has 7 nitrogen and oxygen atoms in total. The van der Waals surface area contributed by atoms with E-state index < -0.39 is 10.0 Å². The molecule has 0 fully saturated rings. The van der Waals surface area contributed by atoms with E-state index in [0.717, 1.165) is 16.6 Å². The third-order valence-corrected chi connectivity index (χ3v) is 5.51. The maximum absolute atomic E-state index is 11.8. The molecule has 138 valence electrons. The van der Waals surface area contributed by atoms with Crippen LogP contribution in [0.3, 0.4) is 0 Å². The van der Waals surface area contributed by atoms with Crippen LogP contribution >= 0.6 is 0 Å². The highest BCUT2D eigenvalue weighted by Crippen LogP contribution is 2.33. The molecular formula is C19H18N4O3S. The maximum Gasteiger partial charge on any atom is 0.232 e. The van der Waals surface area contributed by atoms with Crippen LogP contribution in [0, 0.1) is 6.92 Å². The second kappa shape index (κ2) is 6.55. The lowest BCUT2D eigenvalue weighted by atomic mass is 10.1. The number of benzene rings is 2. The van der Waals surface area contributed by atoms with Crippen molar-refractivity contribution < 1.29 is 12.8 Å². The molecule has 0 aliphatic heterocycles. The minimum Gasteiger partial charge on any atom is -0.436 e. The van der Waals surface area contributed by atoms with Gasteiger partial charge in [-0.2, -0.15) is 5.10 Å². The number of rotatable bonds is 5. The number of fused-ring (bicyclic) bond motifs is 1. The van der Waals surface area contributed by atoms with Gasteiger partial charge in [-0.1, -0.05) is 18.2 Å². The second-order valence-electron chi connectivity index (χ2n) is 6.22. The molecule has 4 rings (SSSR count). The molecule has 27 heavy (non-hydrogen) atoms. The van der Waals surface area contributed by atoms with Crippen LogP contribution < -0.4 is 4.72 Å². The van der Waals surface area contributed by atoms with Crippen LogP contribution in [-0.2, 0) is 10.0 Å². The number of sulfonamides is 1. The van der Waals surface area contributed by atoms with Crippen LogP contribution in [0.25, 0.3) is 33.8 Å². The van der Waals surface area contributed by atoms with Crippen molar-refractivity contribution in [2.45, 2.75) is 13.8 Å². The average molecular weight is 382 g/mol.